The van der Waals surface area contributed by atoms with E-state index in [4.69, 9.17) is 92.7 Å². The highest BCUT2D eigenvalue weighted by Crippen LogP contribution is 2.47. The molecule has 0 spiro atoms. The second-order valence-corrected chi connectivity index (χ2v) is 70.7. The first-order valence-electron chi connectivity index (χ1n) is 45.1. The Balaban J connectivity index is 0.000000276. The Morgan fingerprint density at radius 1 is 0.216 bits per heavy atom. The molecule has 0 aromatic heterocycles. The summed E-state index contributed by atoms with van der Waals surface area (Å²) in [7, 11) is -1.95. The Morgan fingerprint density at radius 2 is 0.336 bits per heavy atom. The van der Waals surface area contributed by atoms with Gasteiger partial charge in [-0.05, 0) is 145 Å². The summed E-state index contributed by atoms with van der Waals surface area (Å²) in [5.41, 5.74) is 0. The van der Waals surface area contributed by atoms with Crippen molar-refractivity contribution in [3.8, 4) is 0 Å². The van der Waals surface area contributed by atoms with Gasteiger partial charge in [-0.3, -0.25) is 19.4 Å². The van der Waals surface area contributed by atoms with Gasteiger partial charge in [0.15, 0.2) is 140 Å². The zero-order chi connectivity index (χ0) is 87.3. The SMILES string of the molecule is CC[Si](CC)(CC)O[C@@H]1[C@H]2OC(=O)[C@@H](O[Si](CC)(CC)CC)[C@H]2O[C@H]1N(C)OC.CC[Si](CC)(CC)O[C@@H]1[C@H]2OC(=O)[C@@H](O[Si](CC)(CC)CC)[C@H]2O[C@H]1N(C)OC.CC[Si](CC)(CC)O[C@@H]1[C@H]2OC(=O)[C@@H](O[Si](CC)(CC)CC)[C@H]2O[C@H]1N(C)OC.CC[Si](CC)(CC)O[C@@H]1[C@H]2OC(=O)[C@@H](O[Si](CC)(CC)CC)[C@H]2O[C@H]1N(C)OC. The molecule has 0 aromatic rings. The van der Waals surface area contributed by atoms with Gasteiger partial charge in [-0.2, -0.15) is 20.3 Å². The zero-order valence-electron chi connectivity index (χ0n) is 78.1. The summed E-state index contributed by atoms with van der Waals surface area (Å²) < 4.78 is 102. The van der Waals surface area contributed by atoms with E-state index in [9.17, 15) is 19.2 Å². The van der Waals surface area contributed by atoms with Crippen molar-refractivity contribution in [2.75, 3.05) is 56.6 Å². The van der Waals surface area contributed by atoms with E-state index in [1.54, 1.807) is 48.7 Å². The molecule has 8 rings (SSSR count). The van der Waals surface area contributed by atoms with E-state index in [2.05, 4.69) is 166 Å². The first-order chi connectivity index (χ1) is 55.2. The van der Waals surface area contributed by atoms with E-state index in [-0.39, 0.29) is 48.3 Å². The minimum absolute atomic E-state index is 0.309. The highest BCUT2D eigenvalue weighted by molar-refractivity contribution is 6.76. The number of ether oxygens (including phenoxy) is 8. The second-order valence-electron chi connectivity index (χ2n) is 32.9. The molecule has 0 amide bonds. The first kappa shape index (κ1) is 105. The molecule has 8 heterocycles. The van der Waals surface area contributed by atoms with Crippen molar-refractivity contribution < 1.29 is 112 Å². The Labute approximate surface area is 708 Å². The fourth-order valence-electron chi connectivity index (χ4n) is 18.3. The minimum atomic E-state index is -1.99. The van der Waals surface area contributed by atoms with Gasteiger partial charge < -0.3 is 73.3 Å². The Morgan fingerprint density at radius 3 is 0.448 bits per heavy atom. The Bertz CT molecular complexity index is 2480. The maximum Gasteiger partial charge on any atom is 0.337 e. The number of likely N-dealkylation sites (N-methyl/N-ethyl adjacent to an activating group) is 4. The lowest BCUT2D eigenvalue weighted by atomic mass is 10.1. The van der Waals surface area contributed by atoms with Gasteiger partial charge in [-0.25, -0.2) is 19.2 Å². The van der Waals surface area contributed by atoms with E-state index in [1.165, 1.54) is 0 Å². The maximum absolute atomic E-state index is 12.8. The third-order valence-electron chi connectivity index (χ3n) is 29.1. The predicted molar refractivity (Wildman–Crippen MR) is 470 cm³/mol. The van der Waals surface area contributed by atoms with Crippen molar-refractivity contribution in [2.45, 2.75) is 434 Å². The number of nitrogens with zero attached hydrogens (tertiary/aromatic N) is 4. The van der Waals surface area contributed by atoms with Crippen molar-refractivity contribution in [3.05, 3.63) is 0 Å². The van der Waals surface area contributed by atoms with Crippen LogP contribution in [-0.4, -0.2) is 290 Å². The molecule has 8 fully saturated rings. The number of fused-ring (bicyclic) bond motifs is 4. The number of rotatable bonds is 48. The molecule has 0 saturated carbocycles. The third kappa shape index (κ3) is 23.2. The number of carbonyl (C=O) groups is 4. The van der Waals surface area contributed by atoms with Crippen molar-refractivity contribution >= 4 is 90.4 Å². The smallest absolute Gasteiger partial charge is 0.337 e. The fraction of sp³-hybridized carbons (Fsp3) is 0.950. The van der Waals surface area contributed by atoms with E-state index >= 15 is 0 Å². The normalized spacial score (nSPS) is 30.1. The van der Waals surface area contributed by atoms with Gasteiger partial charge in [0.05, 0.1) is 28.4 Å². The third-order valence-corrected chi connectivity index (χ3v) is 66.2. The molecule has 0 radical (unpaired) electrons. The van der Waals surface area contributed by atoms with E-state index in [0.717, 1.165) is 145 Å². The van der Waals surface area contributed by atoms with Gasteiger partial charge in [-0.1, -0.05) is 166 Å². The van der Waals surface area contributed by atoms with Gasteiger partial charge in [0.25, 0.3) is 0 Å². The molecule has 0 unspecified atom stereocenters. The number of hydrogen-bond acceptors (Lipinski definition) is 28. The van der Waals surface area contributed by atoms with Gasteiger partial charge in [-0.15, -0.1) is 0 Å². The molecule has 0 bridgehead atoms. The summed E-state index contributed by atoms with van der Waals surface area (Å²) in [6.45, 7) is 52.2. The number of hydrogen-bond donors (Lipinski definition) is 0. The minimum Gasteiger partial charge on any atom is -0.455 e. The molecule has 116 heavy (non-hydrogen) atoms. The average molecular weight is 1790 g/mol. The van der Waals surface area contributed by atoms with Crippen LogP contribution in [0.2, 0.25) is 145 Å². The number of hydroxylamine groups is 8. The van der Waals surface area contributed by atoms with Crippen molar-refractivity contribution in [1.82, 2.24) is 20.3 Å². The largest absolute Gasteiger partial charge is 0.455 e. The molecule has 680 valence electrons. The van der Waals surface area contributed by atoms with Crippen LogP contribution >= 0.6 is 0 Å². The summed E-state index contributed by atoms with van der Waals surface area (Å²) in [5.74, 6) is -1.24. The van der Waals surface area contributed by atoms with Crippen LogP contribution in [0.5, 0.6) is 0 Å². The molecular weight excluding hydrogens is 1630 g/mol. The van der Waals surface area contributed by atoms with Gasteiger partial charge in [0, 0.05) is 28.2 Å². The molecule has 8 aliphatic heterocycles. The standard InChI is InChI=1S/4C20H41NO6Si2/c4*1-9-28(10-2,11-3)26-17-15-16(24-19(17)21(7)23-8)18(20(22)25-15)27-29(12-4,13-5)14-6/h4*15-19H,9-14H2,1-8H3/t4*15-,16-,17+,18-,19+/m0000/s1. The lowest BCUT2D eigenvalue weighted by Crippen LogP contribution is -2.50. The van der Waals surface area contributed by atoms with Gasteiger partial charge >= 0.3 is 23.9 Å². The molecule has 0 aromatic carbocycles. The molecule has 8 aliphatic rings. The molecule has 28 nitrogen and oxygen atoms in total. The summed E-state index contributed by atoms with van der Waals surface area (Å²) in [4.78, 5) is 72.9. The lowest BCUT2D eigenvalue weighted by Gasteiger charge is -2.36. The first-order valence-corrected chi connectivity index (χ1v) is 65.3. The molecule has 0 N–H and O–H groups in total. The Kier molecular flexibility index (Phi) is 43.1. The van der Waals surface area contributed by atoms with Crippen molar-refractivity contribution in [1.29, 1.82) is 0 Å². The predicted octanol–water partition coefficient (Wildman–Crippen LogP) is 15.6. The van der Waals surface area contributed by atoms with E-state index < -0.39 is 165 Å². The fourth-order valence-corrected chi connectivity index (χ4v) is 40.7. The van der Waals surface area contributed by atoms with Crippen molar-refractivity contribution in [2.24, 2.45) is 0 Å². The second kappa shape index (κ2) is 47.4. The molecule has 0 aliphatic carbocycles. The van der Waals surface area contributed by atoms with Crippen LogP contribution in [0.4, 0.5) is 0 Å². The van der Waals surface area contributed by atoms with Crippen LogP contribution in [0, 0.1) is 0 Å². The van der Waals surface area contributed by atoms with Crippen LogP contribution in [0.25, 0.3) is 0 Å². The molecule has 20 atom stereocenters. The zero-order valence-corrected chi connectivity index (χ0v) is 86.1. The highest BCUT2D eigenvalue weighted by atomic mass is 28.4. The van der Waals surface area contributed by atoms with E-state index in [0.29, 0.717) is 0 Å². The molecule has 8 saturated heterocycles. The van der Waals surface area contributed by atoms with Crippen LogP contribution in [-0.2, 0) is 112 Å². The summed E-state index contributed by atoms with van der Waals surface area (Å²) in [6, 6.07) is 23.9. The highest BCUT2D eigenvalue weighted by Gasteiger charge is 2.67. The number of carbonyl (C=O) groups excluding carboxylic acids is 4. The Hall–Kier alpha value is -1.18. The summed E-state index contributed by atoms with van der Waals surface area (Å²) in [6.07, 6.45) is -9.49. The van der Waals surface area contributed by atoms with Crippen LogP contribution in [0.15, 0.2) is 0 Å². The molecule has 36 heteroatoms. The summed E-state index contributed by atoms with van der Waals surface area (Å²) in [5, 5.41) is 6.66. The van der Waals surface area contributed by atoms with Crippen LogP contribution < -0.4 is 0 Å². The monoisotopic (exact) mass is 1790 g/mol. The quantitative estimate of drug-likeness (QED) is 0.0237. The van der Waals surface area contributed by atoms with E-state index in [1.807, 2.05) is 28.2 Å². The van der Waals surface area contributed by atoms with Crippen LogP contribution in [0.3, 0.4) is 0 Å². The maximum atomic E-state index is 12.8. The van der Waals surface area contributed by atoms with Gasteiger partial charge in [0.1, 0.15) is 48.8 Å². The molecular formula is C80H164N4O24Si8. The summed E-state index contributed by atoms with van der Waals surface area (Å²) >= 11 is 0. The van der Waals surface area contributed by atoms with Crippen LogP contribution in [0.1, 0.15) is 166 Å². The topological polar surface area (TPSA) is 266 Å². The van der Waals surface area contributed by atoms with Crippen molar-refractivity contribution in [3.63, 3.8) is 0 Å². The average Bonchev–Trinajstić information content (AvgIpc) is 1.61. The lowest BCUT2D eigenvalue weighted by molar-refractivity contribution is -0.237. The van der Waals surface area contributed by atoms with Gasteiger partial charge in [0.2, 0.25) is 0 Å². The number of esters is 4.